The van der Waals surface area contributed by atoms with Gasteiger partial charge < -0.3 is 28.7 Å². The highest BCUT2D eigenvalue weighted by molar-refractivity contribution is 5.74. The van der Waals surface area contributed by atoms with E-state index in [1.807, 2.05) is 55.4 Å². The summed E-state index contributed by atoms with van der Waals surface area (Å²) < 4.78 is 20.2. The molecule has 2 aliphatic rings. The molecule has 2 heterocycles. The number of nitrogens with zero attached hydrogens (tertiary/aromatic N) is 2. The monoisotopic (exact) mass is 514 g/mol. The minimum atomic E-state index is -0.487. The molecule has 2 amide bonds. The molecule has 0 radical (unpaired) electrons. The van der Waals surface area contributed by atoms with Crippen molar-refractivity contribution in [1.82, 2.24) is 9.80 Å². The normalized spacial score (nSPS) is 24.6. The number of ether oxygens (including phenoxy) is 4. The number of hydrogen-bond acceptors (Lipinski definition) is 8. The Morgan fingerprint density at radius 3 is 1.17 bits per heavy atom. The van der Waals surface area contributed by atoms with E-state index in [-0.39, 0.29) is 47.8 Å². The maximum atomic E-state index is 11.9. The lowest BCUT2D eigenvalue weighted by molar-refractivity contribution is -0.149. The van der Waals surface area contributed by atoms with Crippen LogP contribution >= 0.6 is 0 Å². The molecule has 0 spiro atoms. The number of amides is 2. The van der Waals surface area contributed by atoms with E-state index in [1.165, 1.54) is 14.2 Å². The van der Waals surface area contributed by atoms with Crippen LogP contribution < -0.4 is 0 Å². The van der Waals surface area contributed by atoms with Crippen LogP contribution in [0.3, 0.4) is 0 Å². The van der Waals surface area contributed by atoms with Crippen LogP contribution in [0.15, 0.2) is 0 Å². The maximum absolute atomic E-state index is 11.9. The second-order valence-electron chi connectivity index (χ2n) is 11.6. The number of hydrogen-bond donors (Lipinski definition) is 0. The van der Waals surface area contributed by atoms with Crippen molar-refractivity contribution in [3.63, 3.8) is 0 Å². The van der Waals surface area contributed by atoms with Gasteiger partial charge in [0.15, 0.2) is 0 Å². The average Bonchev–Trinajstić information content (AvgIpc) is 2.76. The minimum Gasteiger partial charge on any atom is -0.469 e. The van der Waals surface area contributed by atoms with Crippen molar-refractivity contribution in [3.05, 3.63) is 0 Å². The van der Waals surface area contributed by atoms with Crippen molar-refractivity contribution in [1.29, 1.82) is 0 Å². The predicted octanol–water partition coefficient (Wildman–Crippen LogP) is 4.11. The van der Waals surface area contributed by atoms with Gasteiger partial charge in [0.1, 0.15) is 11.2 Å². The van der Waals surface area contributed by atoms with E-state index >= 15 is 0 Å². The first-order valence-corrected chi connectivity index (χ1v) is 12.6. The van der Waals surface area contributed by atoms with Gasteiger partial charge in [-0.15, -0.1) is 0 Å². The molecule has 0 saturated carbocycles. The first kappa shape index (κ1) is 31.5. The van der Waals surface area contributed by atoms with Crippen molar-refractivity contribution < 1.29 is 38.1 Å². The number of esters is 2. The molecule has 0 bridgehead atoms. The molecule has 36 heavy (non-hydrogen) atoms. The van der Waals surface area contributed by atoms with Crippen LogP contribution in [-0.2, 0) is 28.5 Å². The lowest BCUT2D eigenvalue weighted by atomic mass is 9.87. The Kier molecular flexibility index (Phi) is 11.5. The van der Waals surface area contributed by atoms with Crippen LogP contribution in [0.4, 0.5) is 9.59 Å². The fourth-order valence-corrected chi connectivity index (χ4v) is 4.28. The Morgan fingerprint density at radius 2 is 0.944 bits per heavy atom. The molecular weight excluding hydrogens is 468 g/mol. The first-order valence-electron chi connectivity index (χ1n) is 12.6. The van der Waals surface area contributed by atoms with Crippen molar-refractivity contribution in [2.45, 2.75) is 79.4 Å². The molecule has 0 aromatic carbocycles. The lowest BCUT2D eigenvalue weighted by Gasteiger charge is -2.36. The summed E-state index contributed by atoms with van der Waals surface area (Å²) in [6.07, 6.45) is 0.649. The summed E-state index contributed by atoms with van der Waals surface area (Å²) in [5, 5.41) is 0. The Bertz CT molecular complexity index is 707. The van der Waals surface area contributed by atoms with E-state index in [1.54, 1.807) is 9.80 Å². The molecule has 2 aliphatic heterocycles. The molecule has 10 nitrogen and oxygen atoms in total. The van der Waals surface area contributed by atoms with Crippen LogP contribution in [0.5, 0.6) is 0 Å². The summed E-state index contributed by atoms with van der Waals surface area (Å²) in [5.41, 5.74) is -0.973. The molecule has 208 valence electrons. The van der Waals surface area contributed by atoms with Crippen LogP contribution in [0.2, 0.25) is 0 Å². The Morgan fingerprint density at radius 1 is 0.639 bits per heavy atom. The second-order valence-corrected chi connectivity index (χ2v) is 11.6. The fraction of sp³-hybridized carbons (Fsp3) is 0.846. The predicted molar refractivity (Wildman–Crippen MR) is 134 cm³/mol. The molecule has 4 atom stereocenters. The van der Waals surface area contributed by atoms with Crippen LogP contribution in [0, 0.1) is 23.7 Å². The molecule has 0 aromatic rings. The van der Waals surface area contributed by atoms with Gasteiger partial charge in [0.2, 0.25) is 0 Å². The Labute approximate surface area is 215 Å². The van der Waals surface area contributed by atoms with Crippen LogP contribution in [0.1, 0.15) is 68.2 Å². The number of rotatable bonds is 2. The molecule has 0 aromatic heterocycles. The first-order chi connectivity index (χ1) is 16.5. The average molecular weight is 515 g/mol. The molecule has 2 fully saturated rings. The van der Waals surface area contributed by atoms with E-state index in [0.29, 0.717) is 39.0 Å². The quantitative estimate of drug-likeness (QED) is 0.400. The fourth-order valence-electron chi connectivity index (χ4n) is 4.28. The Hall–Kier alpha value is -2.52. The molecular formula is C26H46N2O8. The van der Waals surface area contributed by atoms with E-state index in [0.717, 1.165) is 0 Å². The zero-order chi connectivity index (χ0) is 27.8. The maximum Gasteiger partial charge on any atom is 0.410 e. The van der Waals surface area contributed by atoms with Crippen molar-refractivity contribution in [2.75, 3.05) is 40.4 Å². The summed E-state index contributed by atoms with van der Waals surface area (Å²) in [5.74, 6) is -0.419. The lowest BCUT2D eigenvalue weighted by Crippen LogP contribution is -2.46. The van der Waals surface area contributed by atoms with Crippen molar-refractivity contribution in [2.24, 2.45) is 23.7 Å². The van der Waals surface area contributed by atoms with Gasteiger partial charge in [-0.1, -0.05) is 13.8 Å². The van der Waals surface area contributed by atoms with Gasteiger partial charge in [0.25, 0.3) is 0 Å². The van der Waals surface area contributed by atoms with Gasteiger partial charge in [0, 0.05) is 26.2 Å². The van der Waals surface area contributed by atoms with E-state index in [4.69, 9.17) is 18.9 Å². The third kappa shape index (κ3) is 10.2. The van der Waals surface area contributed by atoms with Gasteiger partial charge in [-0.2, -0.15) is 0 Å². The van der Waals surface area contributed by atoms with Gasteiger partial charge in [-0.05, 0) is 66.2 Å². The molecule has 2 saturated heterocycles. The summed E-state index contributed by atoms with van der Waals surface area (Å²) in [7, 11) is 2.80. The molecule has 0 N–H and O–H groups in total. The second kappa shape index (κ2) is 13.1. The summed E-state index contributed by atoms with van der Waals surface area (Å²) >= 11 is 0. The van der Waals surface area contributed by atoms with Gasteiger partial charge in [-0.3, -0.25) is 9.59 Å². The van der Waals surface area contributed by atoms with Gasteiger partial charge in [0.05, 0.1) is 26.1 Å². The van der Waals surface area contributed by atoms with Crippen LogP contribution in [0.25, 0.3) is 0 Å². The smallest absolute Gasteiger partial charge is 0.410 e. The highest BCUT2D eigenvalue weighted by atomic mass is 16.6. The Balaban J connectivity index is 0.000000360. The summed E-state index contributed by atoms with van der Waals surface area (Å²) in [4.78, 5) is 50.2. The molecule has 0 aliphatic carbocycles. The van der Waals surface area contributed by atoms with E-state index in [2.05, 4.69) is 0 Å². The number of piperidine rings is 2. The molecule has 2 rings (SSSR count). The number of methoxy groups -OCH3 is 2. The number of likely N-dealkylation sites (tertiary alicyclic amines) is 2. The van der Waals surface area contributed by atoms with Crippen LogP contribution in [-0.4, -0.2) is 85.5 Å². The number of carbonyl (C=O) groups is 4. The molecule has 0 unspecified atom stereocenters. The highest BCUT2D eigenvalue weighted by Gasteiger charge is 2.36. The zero-order valence-electron chi connectivity index (χ0n) is 23.7. The zero-order valence-corrected chi connectivity index (χ0v) is 23.7. The third-order valence-electron chi connectivity index (χ3n) is 6.12. The molecule has 10 heteroatoms. The third-order valence-corrected chi connectivity index (χ3v) is 6.12. The number of carbonyl (C=O) groups excluding carboxylic acids is 4. The standard InChI is InChI=1S/2C13H23NO4/c2*1-9-8-14(12(16)18-13(2,3)4)7-6-10(9)11(15)17-5/h2*9-10H,6-8H2,1-5H3/t2*9-,10-/m10/s1. The SMILES string of the molecule is COC(=O)[C@@H]1CCN(C(=O)OC(C)(C)C)C[C@H]1C.COC(=O)[C@H]1CCN(C(=O)OC(C)(C)C)C[C@@H]1C. The van der Waals surface area contributed by atoms with Crippen molar-refractivity contribution >= 4 is 24.1 Å². The van der Waals surface area contributed by atoms with Gasteiger partial charge in [-0.25, -0.2) is 9.59 Å². The largest absolute Gasteiger partial charge is 0.469 e. The van der Waals surface area contributed by atoms with E-state index < -0.39 is 11.2 Å². The van der Waals surface area contributed by atoms with Gasteiger partial charge >= 0.3 is 24.1 Å². The van der Waals surface area contributed by atoms with E-state index in [9.17, 15) is 19.2 Å². The topological polar surface area (TPSA) is 112 Å². The van der Waals surface area contributed by atoms with Crippen molar-refractivity contribution in [3.8, 4) is 0 Å². The summed E-state index contributed by atoms with van der Waals surface area (Å²) in [6, 6.07) is 0. The summed E-state index contributed by atoms with van der Waals surface area (Å²) in [6.45, 7) is 17.1. The highest BCUT2D eigenvalue weighted by Crippen LogP contribution is 2.26. The minimum absolute atomic E-state index is 0.0960.